The lowest BCUT2D eigenvalue weighted by Crippen LogP contribution is -2.34. The van der Waals surface area contributed by atoms with Crippen LogP contribution in [0.5, 0.6) is 0 Å². The Morgan fingerprint density at radius 3 is 2.69 bits per heavy atom. The van der Waals surface area contributed by atoms with Gasteiger partial charge in [0, 0.05) is 25.6 Å². The first-order chi connectivity index (χ1) is 7.74. The molecule has 0 radical (unpaired) electrons. The number of likely N-dealkylation sites (tertiary alicyclic amines) is 1. The molecular weight excluding hydrogens is 204 g/mol. The van der Waals surface area contributed by atoms with Crippen molar-refractivity contribution in [3.8, 4) is 0 Å². The van der Waals surface area contributed by atoms with Crippen molar-refractivity contribution in [2.45, 2.75) is 38.1 Å². The van der Waals surface area contributed by atoms with E-state index < -0.39 is 0 Å². The fourth-order valence-electron chi connectivity index (χ4n) is 2.36. The number of nitrogens with one attached hydrogen (secondary N) is 1. The van der Waals surface area contributed by atoms with Gasteiger partial charge < -0.3 is 10.2 Å². The highest BCUT2D eigenvalue weighted by atomic mass is 16.2. The number of hydrogen-bond acceptors (Lipinski definition) is 2. The molecule has 3 rings (SSSR count). The zero-order valence-electron chi connectivity index (χ0n) is 9.45. The molecule has 3 aliphatic rings. The van der Waals surface area contributed by atoms with Gasteiger partial charge in [-0.25, -0.2) is 0 Å². The normalized spacial score (nSPS) is 29.6. The Morgan fingerprint density at radius 2 is 2.06 bits per heavy atom. The first kappa shape index (κ1) is 10.1. The molecule has 0 bridgehead atoms. The number of carbonyl (C=O) groups excluding carboxylic acids is 2. The lowest BCUT2D eigenvalue weighted by molar-refractivity contribution is -0.129. The third-order valence-electron chi connectivity index (χ3n) is 3.78. The van der Waals surface area contributed by atoms with Crippen LogP contribution < -0.4 is 5.32 Å². The number of hydrogen-bond donors (Lipinski definition) is 1. The predicted molar refractivity (Wildman–Crippen MR) is 58.6 cm³/mol. The molecule has 0 aromatic rings. The van der Waals surface area contributed by atoms with Gasteiger partial charge in [-0.15, -0.1) is 0 Å². The summed E-state index contributed by atoms with van der Waals surface area (Å²) in [5, 5.41) is 2.97. The number of amides is 2. The van der Waals surface area contributed by atoms with Crippen LogP contribution in [0.15, 0.2) is 0 Å². The molecule has 2 amide bonds. The van der Waals surface area contributed by atoms with E-state index in [0.29, 0.717) is 24.9 Å². The highest BCUT2D eigenvalue weighted by Crippen LogP contribution is 2.33. The smallest absolute Gasteiger partial charge is 0.225 e. The van der Waals surface area contributed by atoms with E-state index in [1.165, 1.54) is 12.8 Å². The Hall–Kier alpha value is -1.06. The van der Waals surface area contributed by atoms with Crippen LogP contribution in [-0.4, -0.2) is 35.8 Å². The minimum absolute atomic E-state index is 0.0865. The molecule has 4 heteroatoms. The van der Waals surface area contributed by atoms with Gasteiger partial charge in [0.05, 0.1) is 5.92 Å². The van der Waals surface area contributed by atoms with E-state index in [1.54, 1.807) is 0 Å². The van der Waals surface area contributed by atoms with Crippen LogP contribution in [0.4, 0.5) is 0 Å². The first-order valence-electron chi connectivity index (χ1n) is 6.31. The lowest BCUT2D eigenvalue weighted by atomic mass is 10.1. The van der Waals surface area contributed by atoms with E-state index in [0.717, 1.165) is 19.4 Å². The largest absolute Gasteiger partial charge is 0.356 e. The van der Waals surface area contributed by atoms with Crippen molar-refractivity contribution in [3.05, 3.63) is 0 Å². The average Bonchev–Trinajstić information content (AvgIpc) is 3.15. The van der Waals surface area contributed by atoms with Crippen molar-refractivity contribution in [2.75, 3.05) is 13.1 Å². The molecule has 1 atom stereocenters. The van der Waals surface area contributed by atoms with Crippen LogP contribution >= 0.6 is 0 Å². The minimum atomic E-state index is -0.0909. The van der Waals surface area contributed by atoms with Crippen LogP contribution in [-0.2, 0) is 9.59 Å². The number of carbonyl (C=O) groups is 2. The maximum atomic E-state index is 11.8. The fraction of sp³-hybridized carbons (Fsp3) is 0.833. The van der Waals surface area contributed by atoms with E-state index >= 15 is 0 Å². The van der Waals surface area contributed by atoms with Gasteiger partial charge in [0.25, 0.3) is 0 Å². The van der Waals surface area contributed by atoms with Gasteiger partial charge >= 0.3 is 0 Å². The average molecular weight is 222 g/mol. The van der Waals surface area contributed by atoms with E-state index in [2.05, 4.69) is 5.32 Å². The van der Waals surface area contributed by atoms with Crippen LogP contribution in [0, 0.1) is 11.8 Å². The van der Waals surface area contributed by atoms with Gasteiger partial charge in [-0.1, -0.05) is 0 Å². The molecule has 1 unspecified atom stereocenters. The quantitative estimate of drug-likeness (QED) is 0.754. The van der Waals surface area contributed by atoms with Crippen LogP contribution in [0.1, 0.15) is 32.1 Å². The van der Waals surface area contributed by atoms with Crippen molar-refractivity contribution >= 4 is 11.8 Å². The molecule has 1 N–H and O–H groups in total. The molecular formula is C12H18N2O2. The molecule has 16 heavy (non-hydrogen) atoms. The molecule has 1 aliphatic heterocycles. The monoisotopic (exact) mass is 222 g/mol. The topological polar surface area (TPSA) is 49.4 Å². The summed E-state index contributed by atoms with van der Waals surface area (Å²) >= 11 is 0. The summed E-state index contributed by atoms with van der Waals surface area (Å²) in [6.45, 7) is 1.47. The second-order valence-corrected chi connectivity index (χ2v) is 5.37. The molecule has 2 aliphatic carbocycles. The molecule has 3 fully saturated rings. The molecule has 1 saturated heterocycles. The zero-order valence-corrected chi connectivity index (χ0v) is 9.45. The Morgan fingerprint density at radius 1 is 1.31 bits per heavy atom. The fourth-order valence-corrected chi connectivity index (χ4v) is 2.36. The third-order valence-corrected chi connectivity index (χ3v) is 3.78. The highest BCUT2D eigenvalue weighted by molar-refractivity contribution is 5.89. The maximum absolute atomic E-state index is 11.8. The maximum Gasteiger partial charge on any atom is 0.225 e. The number of rotatable bonds is 4. The first-order valence-corrected chi connectivity index (χ1v) is 6.31. The summed E-state index contributed by atoms with van der Waals surface area (Å²) in [6.07, 6.45) is 5.17. The third kappa shape index (κ3) is 2.06. The summed E-state index contributed by atoms with van der Waals surface area (Å²) in [4.78, 5) is 25.4. The van der Waals surface area contributed by atoms with Gasteiger partial charge in [0.1, 0.15) is 0 Å². The summed E-state index contributed by atoms with van der Waals surface area (Å²) in [5.74, 6) is 0.880. The molecule has 0 spiro atoms. The van der Waals surface area contributed by atoms with E-state index in [9.17, 15) is 9.59 Å². The zero-order chi connectivity index (χ0) is 11.1. The van der Waals surface area contributed by atoms with E-state index in [4.69, 9.17) is 0 Å². The van der Waals surface area contributed by atoms with Crippen molar-refractivity contribution < 1.29 is 9.59 Å². The predicted octanol–water partition coefficient (Wildman–Crippen LogP) is 0.523. The van der Waals surface area contributed by atoms with Crippen LogP contribution in [0.3, 0.4) is 0 Å². The highest BCUT2D eigenvalue weighted by Gasteiger charge is 2.41. The molecule has 88 valence electrons. The number of nitrogens with zero attached hydrogens (tertiary/aromatic N) is 1. The Labute approximate surface area is 95.4 Å². The summed E-state index contributed by atoms with van der Waals surface area (Å²) < 4.78 is 0. The van der Waals surface area contributed by atoms with Crippen molar-refractivity contribution in [3.63, 3.8) is 0 Å². The van der Waals surface area contributed by atoms with Gasteiger partial charge in [0.2, 0.25) is 11.8 Å². The molecule has 4 nitrogen and oxygen atoms in total. The SMILES string of the molecule is O=C(NCC1CC1)C1CC(=O)N(C2CC2)C1. The van der Waals surface area contributed by atoms with Crippen LogP contribution in [0.2, 0.25) is 0 Å². The molecule has 2 saturated carbocycles. The summed E-state index contributed by atoms with van der Waals surface area (Å²) in [7, 11) is 0. The molecule has 1 heterocycles. The summed E-state index contributed by atoms with van der Waals surface area (Å²) in [6, 6.07) is 0.453. The van der Waals surface area contributed by atoms with Gasteiger partial charge in [-0.05, 0) is 31.6 Å². The second-order valence-electron chi connectivity index (χ2n) is 5.37. The minimum Gasteiger partial charge on any atom is -0.356 e. The van der Waals surface area contributed by atoms with Gasteiger partial charge in [-0.3, -0.25) is 9.59 Å². The molecule has 0 aromatic heterocycles. The summed E-state index contributed by atoms with van der Waals surface area (Å²) in [5.41, 5.74) is 0. The van der Waals surface area contributed by atoms with E-state index in [1.807, 2.05) is 4.90 Å². The Balaban J connectivity index is 1.50. The Bertz CT molecular complexity index is 321. The van der Waals surface area contributed by atoms with Crippen molar-refractivity contribution in [1.29, 1.82) is 0 Å². The van der Waals surface area contributed by atoms with Crippen LogP contribution in [0.25, 0.3) is 0 Å². The van der Waals surface area contributed by atoms with Crippen molar-refractivity contribution in [2.24, 2.45) is 11.8 Å². The lowest BCUT2D eigenvalue weighted by Gasteiger charge is -2.15. The van der Waals surface area contributed by atoms with Crippen molar-refractivity contribution in [1.82, 2.24) is 10.2 Å². The standard InChI is InChI=1S/C12H18N2O2/c15-11-5-9(7-14(11)10-3-4-10)12(16)13-6-8-1-2-8/h8-10H,1-7H2,(H,13,16). The van der Waals surface area contributed by atoms with Gasteiger partial charge in [0.15, 0.2) is 0 Å². The molecule has 0 aromatic carbocycles. The second kappa shape index (κ2) is 3.75. The Kier molecular flexibility index (Phi) is 2.37. The van der Waals surface area contributed by atoms with E-state index in [-0.39, 0.29) is 17.7 Å². The van der Waals surface area contributed by atoms with Gasteiger partial charge in [-0.2, -0.15) is 0 Å².